The molecule has 0 aromatic heterocycles. The van der Waals surface area contributed by atoms with Crippen molar-refractivity contribution < 1.29 is 9.59 Å². The predicted molar refractivity (Wildman–Crippen MR) is 71.0 cm³/mol. The molecule has 0 bridgehead atoms. The van der Waals surface area contributed by atoms with Crippen LogP contribution in [0.2, 0.25) is 0 Å². The van der Waals surface area contributed by atoms with Gasteiger partial charge in [0.05, 0.1) is 6.04 Å². The Morgan fingerprint density at radius 3 is 2.61 bits per heavy atom. The standard InChI is InChI=1S/C13H19N3O2/c1-3-8(2)11(14)13(18)16-10-6-4-5-9(7-10)12(15)17/h4-8,11H,3,14H2,1-2H3,(H2,15,17)(H,16,18). The smallest absolute Gasteiger partial charge is 0.248 e. The van der Waals surface area contributed by atoms with Crippen LogP contribution in [0.1, 0.15) is 30.6 Å². The van der Waals surface area contributed by atoms with Crippen LogP contribution in [-0.4, -0.2) is 17.9 Å². The molecule has 98 valence electrons. The second kappa shape index (κ2) is 6.16. The summed E-state index contributed by atoms with van der Waals surface area (Å²) >= 11 is 0. The number of carbonyl (C=O) groups is 2. The van der Waals surface area contributed by atoms with Crippen LogP contribution in [0.3, 0.4) is 0 Å². The fourth-order valence-corrected chi connectivity index (χ4v) is 1.49. The number of amides is 2. The maximum absolute atomic E-state index is 11.8. The van der Waals surface area contributed by atoms with Crippen LogP contribution >= 0.6 is 0 Å². The lowest BCUT2D eigenvalue weighted by Crippen LogP contribution is -2.40. The minimum atomic E-state index is -0.563. The fraction of sp³-hybridized carbons (Fsp3) is 0.385. The van der Waals surface area contributed by atoms with Gasteiger partial charge in [-0.3, -0.25) is 9.59 Å². The average Bonchev–Trinajstić information content (AvgIpc) is 2.37. The number of rotatable bonds is 5. The van der Waals surface area contributed by atoms with E-state index in [2.05, 4.69) is 5.32 Å². The van der Waals surface area contributed by atoms with E-state index >= 15 is 0 Å². The summed E-state index contributed by atoms with van der Waals surface area (Å²) in [6.07, 6.45) is 0.829. The van der Waals surface area contributed by atoms with Crippen molar-refractivity contribution in [1.82, 2.24) is 0 Å². The molecular weight excluding hydrogens is 230 g/mol. The first kappa shape index (κ1) is 14.2. The molecule has 5 nitrogen and oxygen atoms in total. The van der Waals surface area contributed by atoms with Gasteiger partial charge in [0.25, 0.3) is 0 Å². The van der Waals surface area contributed by atoms with Gasteiger partial charge in [-0.25, -0.2) is 0 Å². The first-order chi connectivity index (χ1) is 8.45. The Hall–Kier alpha value is -1.88. The van der Waals surface area contributed by atoms with Crippen molar-refractivity contribution in [3.05, 3.63) is 29.8 Å². The lowest BCUT2D eigenvalue weighted by atomic mass is 9.99. The molecule has 5 heteroatoms. The number of benzene rings is 1. The molecule has 5 N–H and O–H groups in total. The number of primary amides is 1. The molecule has 0 saturated carbocycles. The van der Waals surface area contributed by atoms with E-state index in [0.29, 0.717) is 11.3 Å². The minimum Gasteiger partial charge on any atom is -0.366 e. The minimum absolute atomic E-state index is 0.101. The SMILES string of the molecule is CCC(C)C(N)C(=O)Nc1cccc(C(N)=O)c1. The second-order valence-corrected chi connectivity index (χ2v) is 4.35. The third-order valence-corrected chi connectivity index (χ3v) is 2.97. The Morgan fingerprint density at radius 2 is 2.06 bits per heavy atom. The zero-order chi connectivity index (χ0) is 13.7. The van der Waals surface area contributed by atoms with E-state index in [1.54, 1.807) is 18.2 Å². The summed E-state index contributed by atoms with van der Waals surface area (Å²) in [6.45, 7) is 3.90. The Morgan fingerprint density at radius 1 is 1.39 bits per heavy atom. The van der Waals surface area contributed by atoms with Gasteiger partial charge in [-0.1, -0.05) is 26.3 Å². The van der Waals surface area contributed by atoms with E-state index in [1.165, 1.54) is 6.07 Å². The summed E-state index contributed by atoms with van der Waals surface area (Å²) in [6, 6.07) is 5.90. The van der Waals surface area contributed by atoms with Gasteiger partial charge < -0.3 is 16.8 Å². The summed E-state index contributed by atoms with van der Waals surface area (Å²) in [5.74, 6) is -0.687. The summed E-state index contributed by atoms with van der Waals surface area (Å²) in [4.78, 5) is 22.9. The van der Waals surface area contributed by atoms with Gasteiger partial charge in [0.2, 0.25) is 11.8 Å². The zero-order valence-corrected chi connectivity index (χ0v) is 10.6. The number of hydrogen-bond donors (Lipinski definition) is 3. The van der Waals surface area contributed by atoms with Gasteiger partial charge in [-0.2, -0.15) is 0 Å². The first-order valence-electron chi connectivity index (χ1n) is 5.92. The van der Waals surface area contributed by atoms with E-state index in [9.17, 15) is 9.59 Å². The highest BCUT2D eigenvalue weighted by Crippen LogP contribution is 2.12. The molecule has 1 aromatic carbocycles. The van der Waals surface area contributed by atoms with Crippen molar-refractivity contribution in [3.8, 4) is 0 Å². The van der Waals surface area contributed by atoms with E-state index in [1.807, 2.05) is 13.8 Å². The van der Waals surface area contributed by atoms with Crippen molar-refractivity contribution >= 4 is 17.5 Å². The topological polar surface area (TPSA) is 98.2 Å². The molecule has 2 amide bonds. The average molecular weight is 249 g/mol. The van der Waals surface area contributed by atoms with Gasteiger partial charge >= 0.3 is 0 Å². The number of hydrogen-bond acceptors (Lipinski definition) is 3. The molecule has 0 radical (unpaired) electrons. The van der Waals surface area contributed by atoms with E-state index in [4.69, 9.17) is 11.5 Å². The molecular formula is C13H19N3O2. The molecule has 0 saturated heterocycles. The molecule has 2 atom stereocenters. The third-order valence-electron chi connectivity index (χ3n) is 2.97. The van der Waals surface area contributed by atoms with Crippen LogP contribution in [0.25, 0.3) is 0 Å². The largest absolute Gasteiger partial charge is 0.366 e. The Balaban J connectivity index is 2.76. The lowest BCUT2D eigenvalue weighted by molar-refractivity contribution is -0.118. The fourth-order valence-electron chi connectivity index (χ4n) is 1.49. The highest BCUT2D eigenvalue weighted by atomic mass is 16.2. The molecule has 0 spiro atoms. The molecule has 0 aliphatic rings. The Labute approximate surface area is 107 Å². The number of nitrogens with two attached hydrogens (primary N) is 2. The molecule has 0 aliphatic carbocycles. The van der Waals surface area contributed by atoms with Crippen LogP contribution in [0.15, 0.2) is 24.3 Å². The first-order valence-corrected chi connectivity index (χ1v) is 5.92. The Kier molecular flexibility index (Phi) is 4.85. The number of carbonyl (C=O) groups excluding carboxylic acids is 2. The van der Waals surface area contributed by atoms with E-state index in [-0.39, 0.29) is 11.8 Å². The molecule has 0 heterocycles. The highest BCUT2D eigenvalue weighted by Gasteiger charge is 2.19. The maximum atomic E-state index is 11.8. The van der Waals surface area contributed by atoms with Crippen LogP contribution in [-0.2, 0) is 4.79 Å². The maximum Gasteiger partial charge on any atom is 0.248 e. The molecule has 1 aromatic rings. The van der Waals surface area contributed by atoms with Crippen LogP contribution in [0.4, 0.5) is 5.69 Å². The van der Waals surface area contributed by atoms with Crippen molar-refractivity contribution in [2.24, 2.45) is 17.4 Å². The molecule has 1 rings (SSSR count). The van der Waals surface area contributed by atoms with Gasteiger partial charge in [0, 0.05) is 11.3 Å². The highest BCUT2D eigenvalue weighted by molar-refractivity contribution is 5.97. The van der Waals surface area contributed by atoms with Crippen LogP contribution in [0.5, 0.6) is 0 Å². The second-order valence-electron chi connectivity index (χ2n) is 4.35. The predicted octanol–water partition coefficient (Wildman–Crippen LogP) is 1.10. The summed E-state index contributed by atoms with van der Waals surface area (Å²) in [5.41, 5.74) is 11.9. The van der Waals surface area contributed by atoms with Crippen molar-refractivity contribution in [2.75, 3.05) is 5.32 Å². The lowest BCUT2D eigenvalue weighted by Gasteiger charge is -2.17. The number of nitrogens with one attached hydrogen (secondary N) is 1. The Bertz CT molecular complexity index is 446. The van der Waals surface area contributed by atoms with Gasteiger partial charge in [-0.15, -0.1) is 0 Å². The zero-order valence-electron chi connectivity index (χ0n) is 10.6. The third kappa shape index (κ3) is 3.56. The number of anilines is 1. The summed E-state index contributed by atoms with van der Waals surface area (Å²) in [7, 11) is 0. The van der Waals surface area contributed by atoms with Crippen molar-refractivity contribution in [1.29, 1.82) is 0 Å². The summed E-state index contributed by atoms with van der Waals surface area (Å²) in [5, 5.41) is 2.68. The molecule has 2 unspecified atom stereocenters. The normalized spacial score (nSPS) is 13.7. The molecule has 0 aliphatic heterocycles. The van der Waals surface area contributed by atoms with Gasteiger partial charge in [0.15, 0.2) is 0 Å². The molecule has 0 fully saturated rings. The van der Waals surface area contributed by atoms with E-state index in [0.717, 1.165) is 6.42 Å². The monoisotopic (exact) mass is 249 g/mol. The summed E-state index contributed by atoms with van der Waals surface area (Å²) < 4.78 is 0. The van der Waals surface area contributed by atoms with Crippen molar-refractivity contribution in [3.63, 3.8) is 0 Å². The van der Waals surface area contributed by atoms with Gasteiger partial charge in [0.1, 0.15) is 0 Å². The van der Waals surface area contributed by atoms with E-state index < -0.39 is 11.9 Å². The quantitative estimate of drug-likeness (QED) is 0.728. The van der Waals surface area contributed by atoms with Gasteiger partial charge in [-0.05, 0) is 24.1 Å². The van der Waals surface area contributed by atoms with Crippen LogP contribution < -0.4 is 16.8 Å². The van der Waals surface area contributed by atoms with Crippen molar-refractivity contribution in [2.45, 2.75) is 26.3 Å². The molecule has 18 heavy (non-hydrogen) atoms. The van der Waals surface area contributed by atoms with Crippen LogP contribution in [0, 0.1) is 5.92 Å².